The van der Waals surface area contributed by atoms with Gasteiger partial charge in [-0.15, -0.1) is 0 Å². The molecule has 7 heteroatoms. The molecule has 0 radical (unpaired) electrons. The van der Waals surface area contributed by atoms with E-state index in [0.717, 1.165) is 25.2 Å². The first kappa shape index (κ1) is 12.3. The second-order valence-electron chi connectivity index (χ2n) is 4.76. The molecule has 2 saturated heterocycles. The fourth-order valence-electron chi connectivity index (χ4n) is 2.59. The van der Waals surface area contributed by atoms with Crippen LogP contribution in [0.1, 0.15) is 12.8 Å². The van der Waals surface area contributed by atoms with Crippen LogP contribution in [-0.4, -0.2) is 42.0 Å². The van der Waals surface area contributed by atoms with E-state index in [4.69, 9.17) is 9.47 Å². The lowest BCUT2D eigenvalue weighted by molar-refractivity contribution is -0.385. The Balaban J connectivity index is 1.76. The molecule has 0 saturated carbocycles. The second-order valence-corrected chi connectivity index (χ2v) is 4.76. The molecule has 1 spiro atoms. The van der Waals surface area contributed by atoms with Gasteiger partial charge in [-0.2, -0.15) is 0 Å². The molecule has 0 amide bonds. The first-order valence-electron chi connectivity index (χ1n) is 6.32. The number of hydrogen-bond donors (Lipinski definition) is 0. The molecule has 2 fully saturated rings. The van der Waals surface area contributed by atoms with E-state index in [-0.39, 0.29) is 5.69 Å². The summed E-state index contributed by atoms with van der Waals surface area (Å²) in [5.41, 5.74) is 0.00355. The van der Waals surface area contributed by atoms with Crippen LogP contribution in [0.25, 0.3) is 0 Å². The van der Waals surface area contributed by atoms with Gasteiger partial charge in [-0.05, 0) is 12.5 Å². The van der Waals surface area contributed by atoms with Gasteiger partial charge in [0.05, 0.1) is 24.7 Å². The minimum absolute atomic E-state index is 0.00355. The lowest BCUT2D eigenvalue weighted by Crippen LogP contribution is -2.49. The highest BCUT2D eigenvalue weighted by Crippen LogP contribution is 2.32. The molecule has 19 heavy (non-hydrogen) atoms. The Labute approximate surface area is 110 Å². The van der Waals surface area contributed by atoms with Crippen molar-refractivity contribution in [3.63, 3.8) is 0 Å². The van der Waals surface area contributed by atoms with Crippen LogP contribution in [-0.2, 0) is 9.47 Å². The van der Waals surface area contributed by atoms with Gasteiger partial charge in [0.25, 0.3) is 5.69 Å². The van der Waals surface area contributed by atoms with Gasteiger partial charge in [0, 0.05) is 19.0 Å². The van der Waals surface area contributed by atoms with Gasteiger partial charge in [-0.25, -0.2) is 4.98 Å². The number of anilines is 1. The van der Waals surface area contributed by atoms with Crippen molar-refractivity contribution >= 4 is 11.5 Å². The predicted molar refractivity (Wildman–Crippen MR) is 67.0 cm³/mol. The van der Waals surface area contributed by atoms with Crippen molar-refractivity contribution in [2.24, 2.45) is 0 Å². The van der Waals surface area contributed by atoms with E-state index in [1.165, 1.54) is 12.3 Å². The van der Waals surface area contributed by atoms with E-state index in [0.29, 0.717) is 19.8 Å². The quantitative estimate of drug-likeness (QED) is 0.593. The molecule has 0 aromatic carbocycles. The van der Waals surface area contributed by atoms with Crippen molar-refractivity contribution in [3.05, 3.63) is 28.4 Å². The van der Waals surface area contributed by atoms with Crippen molar-refractivity contribution < 1.29 is 14.4 Å². The Kier molecular flexibility index (Phi) is 3.08. The summed E-state index contributed by atoms with van der Waals surface area (Å²) in [6.07, 6.45) is 3.13. The van der Waals surface area contributed by atoms with Crippen molar-refractivity contribution in [2.75, 3.05) is 31.2 Å². The van der Waals surface area contributed by atoms with Crippen LogP contribution in [0.4, 0.5) is 11.5 Å². The van der Waals surface area contributed by atoms with Crippen molar-refractivity contribution in [2.45, 2.75) is 18.6 Å². The van der Waals surface area contributed by atoms with Crippen LogP contribution >= 0.6 is 0 Å². The highest BCUT2D eigenvalue weighted by atomic mass is 16.7. The summed E-state index contributed by atoms with van der Waals surface area (Å²) in [6, 6.07) is 3.14. The van der Waals surface area contributed by atoms with Gasteiger partial charge in [0.15, 0.2) is 5.79 Å². The summed E-state index contributed by atoms with van der Waals surface area (Å²) in [5.74, 6) is 0.214. The average molecular weight is 265 g/mol. The van der Waals surface area contributed by atoms with E-state index in [1.807, 2.05) is 0 Å². The molecule has 3 rings (SSSR count). The molecule has 7 nitrogen and oxygen atoms in total. The zero-order valence-corrected chi connectivity index (χ0v) is 10.4. The molecule has 0 aliphatic carbocycles. The van der Waals surface area contributed by atoms with Gasteiger partial charge in [0.2, 0.25) is 0 Å². The Morgan fingerprint density at radius 1 is 1.37 bits per heavy atom. The van der Waals surface area contributed by atoms with Crippen molar-refractivity contribution in [3.8, 4) is 0 Å². The molecule has 1 aromatic rings. The van der Waals surface area contributed by atoms with E-state index >= 15 is 0 Å². The molecule has 2 aliphatic rings. The molecular weight excluding hydrogens is 250 g/mol. The maximum atomic E-state index is 10.6. The highest BCUT2D eigenvalue weighted by molar-refractivity contribution is 5.43. The molecule has 102 valence electrons. The van der Waals surface area contributed by atoms with Crippen LogP contribution in [0, 0.1) is 10.1 Å². The average Bonchev–Trinajstić information content (AvgIpc) is 2.87. The Bertz CT molecular complexity index is 470. The topological polar surface area (TPSA) is 77.7 Å². The minimum atomic E-state index is -0.512. The van der Waals surface area contributed by atoms with E-state index in [9.17, 15) is 10.1 Å². The van der Waals surface area contributed by atoms with E-state index in [1.54, 1.807) is 6.07 Å². The SMILES string of the molecule is O=[N+]([O-])c1ccc(N2CCCC3(C2)OCCO3)nc1. The fraction of sp³-hybridized carbons (Fsp3) is 0.583. The van der Waals surface area contributed by atoms with Crippen LogP contribution < -0.4 is 4.90 Å². The number of hydrogen-bond acceptors (Lipinski definition) is 6. The van der Waals surface area contributed by atoms with Crippen LogP contribution in [0.5, 0.6) is 0 Å². The van der Waals surface area contributed by atoms with Gasteiger partial charge < -0.3 is 14.4 Å². The number of aromatic nitrogens is 1. The predicted octanol–water partition coefficient (Wildman–Crippen LogP) is 1.33. The standard InChI is InChI=1S/C12H15N3O4/c16-15(17)10-2-3-11(13-8-10)14-5-1-4-12(9-14)18-6-7-19-12/h2-3,8H,1,4-7,9H2. The lowest BCUT2D eigenvalue weighted by atomic mass is 10.0. The molecular formula is C12H15N3O4. The number of nitro groups is 1. The number of nitrogens with zero attached hydrogens (tertiary/aromatic N) is 3. The zero-order valence-electron chi connectivity index (χ0n) is 10.4. The Morgan fingerprint density at radius 3 is 2.79 bits per heavy atom. The first-order valence-corrected chi connectivity index (χ1v) is 6.32. The third-order valence-corrected chi connectivity index (χ3v) is 3.50. The Morgan fingerprint density at radius 2 is 2.16 bits per heavy atom. The summed E-state index contributed by atoms with van der Waals surface area (Å²) >= 11 is 0. The van der Waals surface area contributed by atoms with Crippen LogP contribution in [0.15, 0.2) is 18.3 Å². The summed E-state index contributed by atoms with van der Waals surface area (Å²) in [4.78, 5) is 16.4. The second kappa shape index (κ2) is 4.75. The maximum absolute atomic E-state index is 10.6. The van der Waals surface area contributed by atoms with Gasteiger partial charge in [-0.1, -0.05) is 0 Å². The van der Waals surface area contributed by atoms with Crippen LogP contribution in [0.2, 0.25) is 0 Å². The minimum Gasteiger partial charge on any atom is -0.351 e. The van der Waals surface area contributed by atoms with E-state index < -0.39 is 10.7 Å². The molecule has 0 N–H and O–H groups in total. The number of rotatable bonds is 2. The molecule has 0 unspecified atom stereocenters. The fourth-order valence-corrected chi connectivity index (χ4v) is 2.59. The summed E-state index contributed by atoms with van der Waals surface area (Å²) < 4.78 is 11.4. The monoisotopic (exact) mass is 265 g/mol. The molecule has 0 bridgehead atoms. The van der Waals surface area contributed by atoms with Crippen LogP contribution in [0.3, 0.4) is 0 Å². The van der Waals surface area contributed by atoms with Gasteiger partial charge in [-0.3, -0.25) is 10.1 Å². The number of ether oxygens (including phenoxy) is 2. The molecule has 3 heterocycles. The number of pyridine rings is 1. The normalized spacial score (nSPS) is 21.8. The summed E-state index contributed by atoms with van der Waals surface area (Å²) in [6.45, 7) is 2.74. The molecule has 2 aliphatic heterocycles. The Hall–Kier alpha value is -1.73. The maximum Gasteiger partial charge on any atom is 0.287 e. The zero-order chi connectivity index (χ0) is 13.3. The third kappa shape index (κ3) is 2.39. The molecule has 1 aromatic heterocycles. The van der Waals surface area contributed by atoms with Crippen molar-refractivity contribution in [1.82, 2.24) is 4.98 Å². The first-order chi connectivity index (χ1) is 9.19. The van der Waals surface area contributed by atoms with E-state index in [2.05, 4.69) is 9.88 Å². The highest BCUT2D eigenvalue weighted by Gasteiger charge is 2.41. The van der Waals surface area contributed by atoms with Crippen molar-refractivity contribution in [1.29, 1.82) is 0 Å². The summed E-state index contributed by atoms with van der Waals surface area (Å²) in [7, 11) is 0. The third-order valence-electron chi connectivity index (χ3n) is 3.50. The molecule has 0 atom stereocenters. The smallest absolute Gasteiger partial charge is 0.287 e. The van der Waals surface area contributed by atoms with Gasteiger partial charge in [0.1, 0.15) is 12.0 Å². The summed E-state index contributed by atoms with van der Waals surface area (Å²) in [5, 5.41) is 10.6. The largest absolute Gasteiger partial charge is 0.351 e. The lowest BCUT2D eigenvalue weighted by Gasteiger charge is -2.39. The number of piperidine rings is 1. The van der Waals surface area contributed by atoms with Gasteiger partial charge >= 0.3 is 0 Å².